The van der Waals surface area contributed by atoms with E-state index in [2.05, 4.69) is 0 Å². The summed E-state index contributed by atoms with van der Waals surface area (Å²) in [7, 11) is 1.65. The quantitative estimate of drug-likeness (QED) is 0.525. The second kappa shape index (κ2) is 3.49. The van der Waals surface area contributed by atoms with E-state index in [1.807, 2.05) is 6.41 Å². The van der Waals surface area contributed by atoms with Gasteiger partial charge in [0.15, 0.2) is 0 Å². The van der Waals surface area contributed by atoms with E-state index in [1.165, 1.54) is 0 Å². The second-order valence-electron chi connectivity index (χ2n) is 2.54. The fraction of sp³-hybridized carbons (Fsp3) is 0.857. The Hall–Kier alpha value is -0.660. The highest BCUT2D eigenvalue weighted by atomic mass is 16.5. The highest BCUT2D eigenvalue weighted by molar-refractivity contribution is 5.49. The molecule has 1 heterocycles. The van der Waals surface area contributed by atoms with Gasteiger partial charge in [-0.15, -0.1) is 4.90 Å². The molecule has 0 saturated carbocycles. The topological polar surface area (TPSA) is 29.5 Å². The maximum atomic E-state index is 10.2. The molecular weight excluding hydrogens is 130 g/mol. The Balaban J connectivity index is 2.34. The van der Waals surface area contributed by atoms with Crippen LogP contribution in [0.4, 0.5) is 0 Å². The van der Waals surface area contributed by atoms with Crippen LogP contribution >= 0.6 is 0 Å². The minimum atomic E-state index is 0.280. The molecule has 1 unspecified atom stereocenters. The molecule has 0 aromatic rings. The average Bonchev–Trinajstić information content (AvgIpc) is 2.36. The largest absolute Gasteiger partial charge is 0.668 e. The van der Waals surface area contributed by atoms with Gasteiger partial charge in [0.2, 0.25) is 0 Å². The monoisotopic (exact) mass is 142 g/mol. The number of carbonyl (C=O) groups excluding carboxylic acids is 1. The number of nitrogens with zero attached hydrogens (tertiary/aromatic N) is 1. The van der Waals surface area contributed by atoms with Gasteiger partial charge in [0.05, 0.1) is 17.9 Å². The second-order valence-corrected chi connectivity index (χ2v) is 2.54. The van der Waals surface area contributed by atoms with E-state index in [-0.39, 0.29) is 6.04 Å². The number of rotatable bonds is 3. The summed E-state index contributed by atoms with van der Waals surface area (Å²) in [5, 5.41) is 0. The molecule has 1 saturated heterocycles. The molecule has 1 amide bonds. The van der Waals surface area contributed by atoms with Crippen LogP contribution in [0.15, 0.2) is 0 Å². The van der Waals surface area contributed by atoms with E-state index >= 15 is 0 Å². The van der Waals surface area contributed by atoms with Crippen molar-refractivity contribution in [1.82, 2.24) is 4.90 Å². The first kappa shape index (κ1) is 7.45. The molecule has 0 radical (unpaired) electrons. The Kier molecular flexibility index (Phi) is 2.60. The molecule has 3 nitrogen and oxygen atoms in total. The Morgan fingerprint density at radius 2 is 2.60 bits per heavy atom. The predicted octanol–water partition coefficient (Wildman–Crippen LogP) is 0.164. The first-order valence-electron chi connectivity index (χ1n) is 3.52. The molecule has 0 bridgehead atoms. The summed E-state index contributed by atoms with van der Waals surface area (Å²) in [5.74, 6) is 0. The molecule has 0 spiro atoms. The number of methoxy groups -OCH3 is 1. The molecule has 1 aliphatic rings. The van der Waals surface area contributed by atoms with Crippen molar-refractivity contribution in [2.45, 2.75) is 18.9 Å². The first-order chi connectivity index (χ1) is 4.88. The first-order valence-corrected chi connectivity index (χ1v) is 3.52. The van der Waals surface area contributed by atoms with Gasteiger partial charge in [-0.05, 0) is 12.8 Å². The van der Waals surface area contributed by atoms with Gasteiger partial charge in [-0.2, -0.15) is 0 Å². The van der Waals surface area contributed by atoms with E-state index in [4.69, 9.17) is 4.74 Å². The highest BCUT2D eigenvalue weighted by Gasteiger charge is 2.32. The SMILES string of the molecule is COCC1CCCN1[C+]=O. The van der Waals surface area contributed by atoms with Crippen LogP contribution in [0.1, 0.15) is 12.8 Å². The molecular formula is C7H12NO2+. The van der Waals surface area contributed by atoms with E-state index in [1.54, 1.807) is 12.0 Å². The molecule has 0 aliphatic carbocycles. The zero-order valence-electron chi connectivity index (χ0n) is 6.17. The fourth-order valence-electron chi connectivity index (χ4n) is 1.32. The van der Waals surface area contributed by atoms with Crippen LogP contribution in [0, 0.1) is 0 Å². The minimum Gasteiger partial charge on any atom is -0.382 e. The third-order valence-electron chi connectivity index (χ3n) is 1.85. The molecule has 1 rings (SSSR count). The van der Waals surface area contributed by atoms with Gasteiger partial charge >= 0.3 is 6.41 Å². The molecule has 56 valence electrons. The normalized spacial score (nSPS) is 24.9. The van der Waals surface area contributed by atoms with Gasteiger partial charge in [0, 0.05) is 7.11 Å². The lowest BCUT2D eigenvalue weighted by atomic mass is 10.2. The number of ether oxygens (including phenoxy) is 1. The molecule has 0 aromatic carbocycles. The van der Waals surface area contributed by atoms with Crippen LogP contribution in [0.3, 0.4) is 0 Å². The van der Waals surface area contributed by atoms with Crippen LogP contribution < -0.4 is 0 Å². The third-order valence-corrected chi connectivity index (χ3v) is 1.85. The lowest BCUT2D eigenvalue weighted by Gasteiger charge is -2.07. The van der Waals surface area contributed by atoms with E-state index in [9.17, 15) is 4.79 Å². The Labute approximate surface area is 61.0 Å². The zero-order valence-corrected chi connectivity index (χ0v) is 6.17. The van der Waals surface area contributed by atoms with Gasteiger partial charge in [-0.3, -0.25) is 0 Å². The standard InChI is InChI=1S/C7H12NO2/c1-10-5-7-3-2-4-8(7)6-9/h7H,2-5H2,1H3/q+1. The Morgan fingerprint density at radius 3 is 3.20 bits per heavy atom. The Bertz CT molecular complexity index is 116. The maximum Gasteiger partial charge on any atom is 0.668 e. The lowest BCUT2D eigenvalue weighted by Crippen LogP contribution is -2.31. The molecule has 0 aromatic heterocycles. The summed E-state index contributed by atoms with van der Waals surface area (Å²) in [5.41, 5.74) is 0. The summed E-state index contributed by atoms with van der Waals surface area (Å²) >= 11 is 0. The molecule has 1 fully saturated rings. The highest BCUT2D eigenvalue weighted by Crippen LogP contribution is 2.14. The molecule has 0 N–H and O–H groups in total. The molecule has 1 aliphatic heterocycles. The summed E-state index contributed by atoms with van der Waals surface area (Å²) in [4.78, 5) is 11.9. The molecule has 1 atom stereocenters. The van der Waals surface area contributed by atoms with Crippen molar-refractivity contribution < 1.29 is 9.53 Å². The number of amides is 1. The number of hydrogen-bond acceptors (Lipinski definition) is 2. The van der Waals surface area contributed by atoms with Crippen molar-refractivity contribution >= 4 is 6.41 Å². The molecule has 3 heteroatoms. The van der Waals surface area contributed by atoms with Gasteiger partial charge < -0.3 is 4.74 Å². The van der Waals surface area contributed by atoms with Crippen molar-refractivity contribution in [2.75, 3.05) is 20.3 Å². The zero-order chi connectivity index (χ0) is 7.40. The maximum absolute atomic E-state index is 10.2. The van der Waals surface area contributed by atoms with Crippen LogP contribution in [0.2, 0.25) is 0 Å². The van der Waals surface area contributed by atoms with Crippen molar-refractivity contribution in [3.63, 3.8) is 0 Å². The van der Waals surface area contributed by atoms with Crippen molar-refractivity contribution in [3.05, 3.63) is 0 Å². The Morgan fingerprint density at radius 1 is 1.80 bits per heavy atom. The lowest BCUT2D eigenvalue weighted by molar-refractivity contribution is 0.144. The van der Waals surface area contributed by atoms with Gasteiger partial charge in [-0.1, -0.05) is 0 Å². The van der Waals surface area contributed by atoms with Gasteiger partial charge in [0.25, 0.3) is 0 Å². The van der Waals surface area contributed by atoms with Gasteiger partial charge in [-0.25, -0.2) is 0 Å². The van der Waals surface area contributed by atoms with Crippen molar-refractivity contribution in [3.8, 4) is 0 Å². The fourth-order valence-corrected chi connectivity index (χ4v) is 1.32. The summed E-state index contributed by atoms with van der Waals surface area (Å²) in [6, 6.07) is 0.280. The van der Waals surface area contributed by atoms with Crippen LogP contribution in [-0.4, -0.2) is 37.6 Å². The number of hydrogen-bond donors (Lipinski definition) is 0. The van der Waals surface area contributed by atoms with Crippen molar-refractivity contribution in [1.29, 1.82) is 0 Å². The smallest absolute Gasteiger partial charge is 0.382 e. The van der Waals surface area contributed by atoms with Crippen LogP contribution in [0.5, 0.6) is 0 Å². The van der Waals surface area contributed by atoms with E-state index < -0.39 is 0 Å². The van der Waals surface area contributed by atoms with Gasteiger partial charge in [0.1, 0.15) is 6.04 Å². The third kappa shape index (κ3) is 1.43. The predicted molar refractivity (Wildman–Crippen MR) is 37.3 cm³/mol. The summed E-state index contributed by atoms with van der Waals surface area (Å²) in [6.45, 7) is 1.49. The summed E-state index contributed by atoms with van der Waals surface area (Å²) in [6.07, 6.45) is 4.05. The van der Waals surface area contributed by atoms with Crippen LogP contribution in [0.25, 0.3) is 0 Å². The van der Waals surface area contributed by atoms with E-state index in [0.29, 0.717) is 6.61 Å². The van der Waals surface area contributed by atoms with Crippen molar-refractivity contribution in [2.24, 2.45) is 0 Å². The number of likely N-dealkylation sites (tertiary alicyclic amines) is 1. The van der Waals surface area contributed by atoms with Crippen LogP contribution in [-0.2, 0) is 9.53 Å². The average molecular weight is 142 g/mol. The van der Waals surface area contributed by atoms with E-state index in [0.717, 1.165) is 19.4 Å². The molecule has 10 heavy (non-hydrogen) atoms. The summed E-state index contributed by atoms with van der Waals surface area (Å²) < 4.78 is 4.94. The minimum absolute atomic E-state index is 0.280.